The molecule has 1 fully saturated rings. The fraction of sp³-hybridized carbons (Fsp3) is 0.560. The molecule has 0 unspecified atom stereocenters. The highest BCUT2D eigenvalue weighted by atomic mass is 32.1. The summed E-state index contributed by atoms with van der Waals surface area (Å²) < 4.78 is 21.4. The van der Waals surface area contributed by atoms with Crippen LogP contribution in [0.3, 0.4) is 0 Å². The van der Waals surface area contributed by atoms with Gasteiger partial charge in [-0.25, -0.2) is 9.59 Å². The van der Waals surface area contributed by atoms with Crippen molar-refractivity contribution in [3.8, 4) is 11.5 Å². The maximum absolute atomic E-state index is 12.7. The molecule has 0 atom stereocenters. The van der Waals surface area contributed by atoms with Gasteiger partial charge in [0.05, 0.1) is 32.0 Å². The molecule has 3 rings (SSSR count). The highest BCUT2D eigenvalue weighted by Gasteiger charge is 2.26. The Hall–Kier alpha value is -3.21. The minimum atomic E-state index is -0.523. The molecule has 36 heavy (non-hydrogen) atoms. The number of carbonyl (C=O) groups is 2. The van der Waals surface area contributed by atoms with Crippen molar-refractivity contribution in [2.24, 2.45) is 5.92 Å². The molecule has 0 saturated carbocycles. The Bertz CT molecular complexity index is 1100. The molecule has 1 amide bonds. The molecule has 0 radical (unpaired) electrons. The minimum Gasteiger partial charge on any atom is -0.493 e. The van der Waals surface area contributed by atoms with Crippen LogP contribution in [-0.2, 0) is 9.47 Å². The van der Waals surface area contributed by atoms with Crippen molar-refractivity contribution in [1.29, 1.82) is 0 Å². The van der Waals surface area contributed by atoms with Gasteiger partial charge in [-0.3, -0.25) is 0 Å². The van der Waals surface area contributed by atoms with E-state index < -0.39 is 17.7 Å². The standard InChI is InChI=1S/C25H36N4O6S/c1-7-34-22(30)21-20(16-12-18(32-5)19(33-6)13-17(16)27-21)28-23(36)29-10-8-15(9-11-29)14-26-24(31)35-25(2,3)4/h12-13,15,27H,7-11,14H2,1-6H3,(H,26,31)(H,28,36). The van der Waals surface area contributed by atoms with Crippen molar-refractivity contribution >= 4 is 46.0 Å². The van der Waals surface area contributed by atoms with Gasteiger partial charge in [0.1, 0.15) is 11.3 Å². The van der Waals surface area contributed by atoms with Crippen LogP contribution in [0.25, 0.3) is 10.9 Å². The summed E-state index contributed by atoms with van der Waals surface area (Å²) in [7, 11) is 3.11. The second kappa shape index (κ2) is 11.7. The zero-order chi connectivity index (χ0) is 26.5. The smallest absolute Gasteiger partial charge is 0.407 e. The summed E-state index contributed by atoms with van der Waals surface area (Å²) in [6, 6.07) is 3.57. The quantitative estimate of drug-likeness (QED) is 0.363. The summed E-state index contributed by atoms with van der Waals surface area (Å²) in [5, 5.41) is 7.36. The molecule has 11 heteroatoms. The van der Waals surface area contributed by atoms with Crippen LogP contribution in [-0.4, -0.2) is 73.1 Å². The number of ether oxygens (including phenoxy) is 4. The molecule has 10 nitrogen and oxygen atoms in total. The first-order valence-electron chi connectivity index (χ1n) is 12.0. The van der Waals surface area contributed by atoms with Gasteiger partial charge in [0.2, 0.25) is 0 Å². The predicted octanol–water partition coefficient (Wildman–Crippen LogP) is 4.30. The maximum Gasteiger partial charge on any atom is 0.407 e. The van der Waals surface area contributed by atoms with Gasteiger partial charge >= 0.3 is 12.1 Å². The first-order valence-corrected chi connectivity index (χ1v) is 12.4. The van der Waals surface area contributed by atoms with E-state index in [0.29, 0.717) is 40.3 Å². The van der Waals surface area contributed by atoms with E-state index in [0.717, 1.165) is 31.3 Å². The van der Waals surface area contributed by atoms with Crippen LogP contribution in [0.4, 0.5) is 10.5 Å². The third kappa shape index (κ3) is 6.71. The van der Waals surface area contributed by atoms with Gasteiger partial charge in [-0.05, 0) is 64.7 Å². The molecule has 1 aliphatic heterocycles. The number of nitrogens with one attached hydrogen (secondary N) is 3. The van der Waals surface area contributed by atoms with E-state index >= 15 is 0 Å². The molecule has 2 aromatic rings. The van der Waals surface area contributed by atoms with Crippen molar-refractivity contribution in [2.75, 3.05) is 45.8 Å². The lowest BCUT2D eigenvalue weighted by atomic mass is 9.97. The highest BCUT2D eigenvalue weighted by Crippen LogP contribution is 2.37. The number of alkyl carbamates (subject to hydrolysis) is 1. The molecule has 1 aliphatic rings. The second-order valence-electron chi connectivity index (χ2n) is 9.59. The Kier molecular flexibility index (Phi) is 8.89. The van der Waals surface area contributed by atoms with E-state index in [2.05, 4.69) is 20.5 Å². The average molecular weight is 521 g/mol. The van der Waals surface area contributed by atoms with Crippen LogP contribution in [0.15, 0.2) is 12.1 Å². The fourth-order valence-electron chi connectivity index (χ4n) is 4.08. The summed E-state index contributed by atoms with van der Waals surface area (Å²) >= 11 is 5.71. The van der Waals surface area contributed by atoms with Crippen molar-refractivity contribution < 1.29 is 28.5 Å². The van der Waals surface area contributed by atoms with E-state index in [1.165, 1.54) is 0 Å². The van der Waals surface area contributed by atoms with Crippen LogP contribution < -0.4 is 20.1 Å². The third-order valence-electron chi connectivity index (χ3n) is 5.85. The van der Waals surface area contributed by atoms with Crippen LogP contribution in [0.2, 0.25) is 0 Å². The number of methoxy groups -OCH3 is 2. The zero-order valence-electron chi connectivity index (χ0n) is 21.8. The lowest BCUT2D eigenvalue weighted by Gasteiger charge is -2.34. The highest BCUT2D eigenvalue weighted by molar-refractivity contribution is 7.80. The number of piperidine rings is 1. The molecule has 2 heterocycles. The van der Waals surface area contributed by atoms with Gasteiger partial charge < -0.3 is 39.5 Å². The van der Waals surface area contributed by atoms with E-state index in [1.54, 1.807) is 33.3 Å². The number of aromatic amines is 1. The van der Waals surface area contributed by atoms with E-state index in [4.69, 9.17) is 31.2 Å². The lowest BCUT2D eigenvalue weighted by molar-refractivity contribution is 0.0506. The van der Waals surface area contributed by atoms with Crippen molar-refractivity contribution in [3.63, 3.8) is 0 Å². The van der Waals surface area contributed by atoms with E-state index in [1.807, 2.05) is 20.8 Å². The van der Waals surface area contributed by atoms with Gasteiger partial charge in [0.15, 0.2) is 16.6 Å². The molecule has 198 valence electrons. The molecular formula is C25H36N4O6S. The number of aromatic nitrogens is 1. The van der Waals surface area contributed by atoms with Crippen molar-refractivity contribution in [1.82, 2.24) is 15.2 Å². The van der Waals surface area contributed by atoms with Gasteiger partial charge in [0.25, 0.3) is 0 Å². The molecule has 0 aliphatic carbocycles. The van der Waals surface area contributed by atoms with Gasteiger partial charge in [-0.1, -0.05) is 0 Å². The van der Waals surface area contributed by atoms with Crippen LogP contribution in [0.5, 0.6) is 11.5 Å². The molecule has 1 aromatic heterocycles. The number of benzene rings is 1. The number of likely N-dealkylation sites (tertiary alicyclic amines) is 1. The Labute approximate surface area is 217 Å². The first-order chi connectivity index (χ1) is 17.1. The average Bonchev–Trinajstić information content (AvgIpc) is 3.18. The van der Waals surface area contributed by atoms with E-state index in [9.17, 15) is 9.59 Å². The lowest BCUT2D eigenvalue weighted by Crippen LogP contribution is -2.43. The Morgan fingerprint density at radius 1 is 1.14 bits per heavy atom. The van der Waals surface area contributed by atoms with Crippen LogP contribution in [0.1, 0.15) is 51.0 Å². The number of thiocarbonyl (C=S) groups is 1. The molecular weight excluding hydrogens is 484 g/mol. The SMILES string of the molecule is CCOC(=O)c1[nH]c2cc(OC)c(OC)cc2c1NC(=S)N1CCC(CNC(=O)OC(C)(C)C)CC1. The number of fused-ring (bicyclic) bond motifs is 1. The summed E-state index contributed by atoms with van der Waals surface area (Å²) in [4.78, 5) is 29.8. The van der Waals surface area contributed by atoms with Gasteiger partial charge in [-0.2, -0.15) is 0 Å². The van der Waals surface area contributed by atoms with Crippen molar-refractivity contribution in [2.45, 2.75) is 46.1 Å². The number of nitrogens with zero attached hydrogens (tertiary/aromatic N) is 1. The second-order valence-corrected chi connectivity index (χ2v) is 9.98. The summed E-state index contributed by atoms with van der Waals surface area (Å²) in [5.41, 5.74) is 0.975. The number of hydrogen-bond acceptors (Lipinski definition) is 7. The number of amides is 1. The summed E-state index contributed by atoms with van der Waals surface area (Å²) in [6.07, 6.45) is 1.32. The van der Waals surface area contributed by atoms with Gasteiger partial charge in [-0.15, -0.1) is 0 Å². The number of hydrogen-bond donors (Lipinski definition) is 3. The molecule has 1 aromatic carbocycles. The van der Waals surface area contributed by atoms with Crippen LogP contribution in [0, 0.1) is 5.92 Å². The van der Waals surface area contributed by atoms with E-state index in [-0.39, 0.29) is 12.3 Å². The van der Waals surface area contributed by atoms with Gasteiger partial charge in [0, 0.05) is 31.1 Å². The van der Waals surface area contributed by atoms with Crippen LogP contribution >= 0.6 is 12.2 Å². The molecule has 3 N–H and O–H groups in total. The zero-order valence-corrected chi connectivity index (χ0v) is 22.6. The fourth-order valence-corrected chi connectivity index (χ4v) is 4.36. The normalized spacial score (nSPS) is 14.3. The monoisotopic (exact) mass is 520 g/mol. The number of anilines is 1. The molecule has 0 spiro atoms. The first kappa shape index (κ1) is 27.4. The third-order valence-corrected chi connectivity index (χ3v) is 6.21. The topological polar surface area (TPSA) is 114 Å². The Morgan fingerprint density at radius 3 is 2.36 bits per heavy atom. The minimum absolute atomic E-state index is 0.246. The predicted molar refractivity (Wildman–Crippen MR) is 142 cm³/mol. The number of H-pyrrole nitrogens is 1. The molecule has 0 bridgehead atoms. The summed E-state index contributed by atoms with van der Waals surface area (Å²) in [6.45, 7) is 9.52. The number of esters is 1. The Balaban J connectivity index is 1.70. The van der Waals surface area contributed by atoms with Crippen molar-refractivity contribution in [3.05, 3.63) is 17.8 Å². The molecule has 1 saturated heterocycles. The number of rotatable bonds is 7. The largest absolute Gasteiger partial charge is 0.493 e. The number of carbonyl (C=O) groups excluding carboxylic acids is 2. The Morgan fingerprint density at radius 2 is 1.78 bits per heavy atom. The maximum atomic E-state index is 12.7. The summed E-state index contributed by atoms with van der Waals surface area (Å²) in [5.74, 6) is 0.921.